The Morgan fingerprint density at radius 2 is 0.237 bits per heavy atom. The molecule has 1 heteroatoms. The number of hydrogen-bond donors (Lipinski definition) is 1. The van der Waals surface area contributed by atoms with Gasteiger partial charge in [0.15, 0.2) is 0 Å². The first kappa shape index (κ1) is 76.0. The molecule has 0 aromatic rings. The quantitative estimate of drug-likeness (QED) is 0.0644. The first-order chi connectivity index (χ1) is 36.3. The van der Waals surface area contributed by atoms with Gasteiger partial charge in [0.2, 0.25) is 0 Å². The molecule has 0 aliphatic rings. The van der Waals surface area contributed by atoms with Gasteiger partial charge in [0.25, 0.3) is 0 Å². The lowest BCUT2D eigenvalue weighted by molar-refractivity contribution is 0.233. The summed E-state index contributed by atoms with van der Waals surface area (Å²) in [6.45, 7) is 39.1. The van der Waals surface area contributed by atoms with Gasteiger partial charge in [0.05, 0.1) is 0 Å². The average molecular weight is 1070 g/mol. The molecule has 458 valence electrons. The van der Waals surface area contributed by atoms with Crippen LogP contribution in [0.15, 0.2) is 0 Å². The van der Waals surface area contributed by atoms with Gasteiger partial charge in [-0.1, -0.05) is 380 Å². The van der Waals surface area contributed by atoms with Crippen molar-refractivity contribution in [1.29, 1.82) is 0 Å². The predicted molar refractivity (Wildman–Crippen MR) is 349 cm³/mol. The van der Waals surface area contributed by atoms with Crippen LogP contribution in [0.3, 0.4) is 0 Å². The summed E-state index contributed by atoms with van der Waals surface area (Å²) in [7, 11) is 0. The number of rotatable bonds is 58. The Bertz CT molecular complexity index is 926. The maximum absolute atomic E-state index is 10.5. The summed E-state index contributed by atoms with van der Waals surface area (Å²) in [5.41, 5.74) is 0. The Kier molecular flexibility index (Phi) is 51.8. The van der Waals surface area contributed by atoms with E-state index >= 15 is 0 Å². The Hall–Kier alpha value is -0.0400. The van der Waals surface area contributed by atoms with E-state index in [-0.39, 0.29) is 0 Å². The van der Waals surface area contributed by atoms with Crippen LogP contribution in [-0.4, -0.2) is 11.7 Å². The zero-order chi connectivity index (χ0) is 56.8. The lowest BCUT2D eigenvalue weighted by Gasteiger charge is -2.24. The third kappa shape index (κ3) is 52.1. The molecule has 0 unspecified atom stereocenters. The Labute approximate surface area is 485 Å². The summed E-state index contributed by atoms with van der Waals surface area (Å²) < 4.78 is 0. The van der Waals surface area contributed by atoms with Crippen LogP contribution in [0.25, 0.3) is 0 Å². The van der Waals surface area contributed by atoms with Gasteiger partial charge < -0.3 is 5.11 Å². The molecule has 0 spiro atoms. The van der Waals surface area contributed by atoms with Crippen LogP contribution < -0.4 is 0 Å². The van der Waals surface area contributed by atoms with Crippen LogP contribution >= 0.6 is 0 Å². The van der Waals surface area contributed by atoms with Crippen molar-refractivity contribution >= 4 is 0 Å². The smallest absolute Gasteiger partial charge is 0.0433 e. The van der Waals surface area contributed by atoms with Gasteiger partial charge in [-0.05, 0) is 95.2 Å². The normalized spacial score (nSPS) is 12.9. The zero-order valence-electron chi connectivity index (χ0n) is 56.2. The molecule has 0 rings (SSSR count). The molecule has 0 radical (unpaired) electrons. The fraction of sp³-hybridized carbons (Fsp3) is 1.00. The van der Waals surface area contributed by atoms with E-state index < -0.39 is 0 Å². The van der Waals surface area contributed by atoms with E-state index in [1.807, 2.05) is 0 Å². The van der Waals surface area contributed by atoms with Gasteiger partial charge >= 0.3 is 0 Å². The summed E-state index contributed by atoms with van der Waals surface area (Å²) in [4.78, 5) is 0. The topological polar surface area (TPSA) is 20.2 Å². The average Bonchev–Trinajstić information content (AvgIpc) is 3.32. The summed E-state index contributed by atoms with van der Waals surface area (Å²) in [5.74, 6) is 13.0. The van der Waals surface area contributed by atoms with E-state index in [9.17, 15) is 5.11 Å². The van der Waals surface area contributed by atoms with Gasteiger partial charge in [-0.3, -0.25) is 0 Å². The SMILES string of the molecule is CC(C)CCCC(CCCC(C)C)CCCC(CCCC(CCO)CCCC(CCCC(CCCC(C)C)CCCC(C)C)CCCC(CCCC(C)C)CCCC(C)C)CCCC(CCCC(C)C)CCCC(C)C. The van der Waals surface area contributed by atoms with Gasteiger partial charge in [-0.2, -0.15) is 0 Å². The molecule has 1 nitrogen and oxygen atoms in total. The Balaban J connectivity index is 6.05. The second-order valence-corrected chi connectivity index (χ2v) is 30.8. The number of aliphatic hydroxyl groups excluding tert-OH is 1. The van der Waals surface area contributed by atoms with Crippen LogP contribution in [0, 0.1) is 88.8 Å². The van der Waals surface area contributed by atoms with E-state index in [0.29, 0.717) is 12.5 Å². The summed E-state index contributed by atoms with van der Waals surface area (Å²) in [5, 5.41) is 10.5. The maximum Gasteiger partial charge on any atom is 0.0433 e. The minimum absolute atomic E-state index is 0.381. The fourth-order valence-electron chi connectivity index (χ4n) is 13.9. The molecule has 0 aromatic carbocycles. The highest BCUT2D eigenvalue weighted by Crippen LogP contribution is 2.35. The first-order valence-corrected chi connectivity index (χ1v) is 35.9. The first-order valence-electron chi connectivity index (χ1n) is 35.9. The van der Waals surface area contributed by atoms with E-state index in [4.69, 9.17) is 0 Å². The standard InChI is InChI=1S/C75H152O/c1-61(2)31-17-39-69(40-18-32-62(3)4)47-25-51-73(52-26-48-70(41-19-33-63(5)6)42-20-34-64(7)8)55-29-57-75(59-60-76)58-30-56-74(53-27-49-71(43-21-35-65(9)10)44-22-36-66(11)12)54-28-50-72(45-23-37-67(13)14)46-24-38-68(15)16/h61-76H,17-60H2,1-16H3. The van der Waals surface area contributed by atoms with Gasteiger partial charge in [-0.15, -0.1) is 0 Å². The van der Waals surface area contributed by atoms with Crippen molar-refractivity contribution < 1.29 is 5.11 Å². The van der Waals surface area contributed by atoms with E-state index in [1.54, 1.807) is 0 Å². The van der Waals surface area contributed by atoms with Gasteiger partial charge in [-0.25, -0.2) is 0 Å². The molecule has 0 bridgehead atoms. The molecule has 0 atom stereocenters. The molecule has 0 aliphatic carbocycles. The van der Waals surface area contributed by atoms with Crippen molar-refractivity contribution in [2.45, 2.75) is 387 Å². The fourth-order valence-corrected chi connectivity index (χ4v) is 13.9. The van der Waals surface area contributed by atoms with Crippen LogP contribution in [0.2, 0.25) is 0 Å². The number of aliphatic hydroxyl groups is 1. The third-order valence-electron chi connectivity index (χ3n) is 19.0. The molecule has 76 heavy (non-hydrogen) atoms. The highest BCUT2D eigenvalue weighted by Gasteiger charge is 2.20. The van der Waals surface area contributed by atoms with Crippen LogP contribution in [-0.2, 0) is 0 Å². The van der Waals surface area contributed by atoms with Crippen molar-refractivity contribution in [3.8, 4) is 0 Å². The van der Waals surface area contributed by atoms with E-state index in [1.165, 1.54) is 270 Å². The van der Waals surface area contributed by atoms with Crippen molar-refractivity contribution in [2.24, 2.45) is 88.8 Å². The van der Waals surface area contributed by atoms with Gasteiger partial charge in [0.1, 0.15) is 0 Å². The minimum Gasteiger partial charge on any atom is -0.396 e. The molecular formula is C75H152O. The summed E-state index contributed by atoms with van der Waals surface area (Å²) in [6.07, 6.45) is 61.4. The summed E-state index contributed by atoms with van der Waals surface area (Å²) >= 11 is 0. The van der Waals surface area contributed by atoms with Crippen molar-refractivity contribution in [3.05, 3.63) is 0 Å². The molecule has 0 aliphatic heterocycles. The zero-order valence-corrected chi connectivity index (χ0v) is 56.2. The maximum atomic E-state index is 10.5. The minimum atomic E-state index is 0.381. The van der Waals surface area contributed by atoms with Crippen LogP contribution in [0.5, 0.6) is 0 Å². The number of hydrogen-bond acceptors (Lipinski definition) is 1. The second kappa shape index (κ2) is 51.8. The molecule has 0 amide bonds. The molecule has 0 saturated carbocycles. The molecule has 0 saturated heterocycles. The molecule has 0 fully saturated rings. The van der Waals surface area contributed by atoms with Crippen molar-refractivity contribution in [2.75, 3.05) is 6.61 Å². The molecule has 0 heterocycles. The van der Waals surface area contributed by atoms with Crippen molar-refractivity contribution in [3.63, 3.8) is 0 Å². The molecule has 1 N–H and O–H groups in total. The second-order valence-electron chi connectivity index (χ2n) is 30.8. The lowest BCUT2D eigenvalue weighted by atomic mass is 9.82. The van der Waals surface area contributed by atoms with E-state index in [2.05, 4.69) is 111 Å². The van der Waals surface area contributed by atoms with E-state index in [0.717, 1.165) is 89.3 Å². The largest absolute Gasteiger partial charge is 0.396 e. The Morgan fingerprint density at radius 1 is 0.145 bits per heavy atom. The predicted octanol–water partition coefficient (Wildman–Crippen LogP) is 26.3. The third-order valence-corrected chi connectivity index (χ3v) is 19.0. The molecule has 0 aromatic heterocycles. The van der Waals surface area contributed by atoms with Crippen LogP contribution in [0.4, 0.5) is 0 Å². The van der Waals surface area contributed by atoms with Crippen molar-refractivity contribution in [1.82, 2.24) is 0 Å². The van der Waals surface area contributed by atoms with Gasteiger partial charge in [0, 0.05) is 6.61 Å². The highest BCUT2D eigenvalue weighted by atomic mass is 16.3. The summed E-state index contributed by atoms with van der Waals surface area (Å²) in [6, 6.07) is 0. The Morgan fingerprint density at radius 3 is 0.329 bits per heavy atom. The molecular weight excluding hydrogens is 917 g/mol. The monoisotopic (exact) mass is 1070 g/mol. The lowest BCUT2D eigenvalue weighted by Crippen LogP contribution is -2.10. The van der Waals surface area contributed by atoms with Crippen LogP contribution in [0.1, 0.15) is 387 Å². The highest BCUT2D eigenvalue weighted by molar-refractivity contribution is 4.73.